The third-order valence-electron chi connectivity index (χ3n) is 3.90. The highest BCUT2D eigenvalue weighted by Crippen LogP contribution is 2.29. The molecule has 6 nitrogen and oxygen atoms in total. The molecule has 7 heteroatoms. The number of halogens is 1. The van der Waals surface area contributed by atoms with Crippen molar-refractivity contribution < 1.29 is 14.3 Å². The molecule has 0 aliphatic heterocycles. The van der Waals surface area contributed by atoms with Crippen LogP contribution in [0.1, 0.15) is 24.2 Å². The van der Waals surface area contributed by atoms with E-state index in [0.29, 0.717) is 27.5 Å². The normalized spacial score (nSPS) is 10.7. The number of ether oxygens (including phenoxy) is 1. The molecule has 0 spiro atoms. The molecule has 0 saturated carbocycles. The predicted octanol–water partition coefficient (Wildman–Crippen LogP) is 4.04. The van der Waals surface area contributed by atoms with E-state index in [0.717, 1.165) is 5.39 Å². The van der Waals surface area contributed by atoms with E-state index in [2.05, 4.69) is 15.6 Å². The van der Waals surface area contributed by atoms with Gasteiger partial charge in [0.05, 0.1) is 16.3 Å². The van der Waals surface area contributed by atoms with Crippen molar-refractivity contribution in [3.05, 3.63) is 65.3 Å². The van der Waals surface area contributed by atoms with Crippen LogP contribution in [-0.4, -0.2) is 29.4 Å². The SMILES string of the molecule is CC(C)NC(=O)c1ccccc1NC(=O)COc1ccc(Cl)c2cccnc12. The van der Waals surface area contributed by atoms with Crippen LogP contribution in [0.3, 0.4) is 0 Å². The van der Waals surface area contributed by atoms with Crippen LogP contribution in [0.5, 0.6) is 5.75 Å². The number of carbonyl (C=O) groups excluding carboxylic acids is 2. The molecule has 28 heavy (non-hydrogen) atoms. The van der Waals surface area contributed by atoms with Crippen molar-refractivity contribution in [2.75, 3.05) is 11.9 Å². The van der Waals surface area contributed by atoms with Crippen molar-refractivity contribution in [1.82, 2.24) is 10.3 Å². The third kappa shape index (κ3) is 4.58. The van der Waals surface area contributed by atoms with Gasteiger partial charge in [-0.1, -0.05) is 23.7 Å². The Kier molecular flexibility index (Phi) is 6.11. The molecule has 3 rings (SSSR count). The minimum atomic E-state index is -0.385. The summed E-state index contributed by atoms with van der Waals surface area (Å²) in [6.07, 6.45) is 1.63. The summed E-state index contributed by atoms with van der Waals surface area (Å²) >= 11 is 6.17. The maximum atomic E-state index is 12.4. The van der Waals surface area contributed by atoms with Gasteiger partial charge in [0.2, 0.25) is 0 Å². The Hall–Kier alpha value is -3.12. The molecule has 0 fully saturated rings. The van der Waals surface area contributed by atoms with Crippen molar-refractivity contribution in [1.29, 1.82) is 0 Å². The van der Waals surface area contributed by atoms with Crippen LogP contribution < -0.4 is 15.4 Å². The molecule has 0 unspecified atom stereocenters. The van der Waals surface area contributed by atoms with E-state index in [-0.39, 0.29) is 24.5 Å². The summed E-state index contributed by atoms with van der Waals surface area (Å²) in [7, 11) is 0. The molecule has 2 aromatic carbocycles. The number of nitrogens with one attached hydrogen (secondary N) is 2. The lowest BCUT2D eigenvalue weighted by atomic mass is 10.1. The number of para-hydroxylation sites is 1. The molecule has 3 aromatic rings. The summed E-state index contributed by atoms with van der Waals surface area (Å²) in [6.45, 7) is 3.52. The van der Waals surface area contributed by atoms with Gasteiger partial charge >= 0.3 is 0 Å². The number of rotatable bonds is 6. The molecule has 0 saturated heterocycles. The highest BCUT2D eigenvalue weighted by Gasteiger charge is 2.15. The third-order valence-corrected chi connectivity index (χ3v) is 4.23. The van der Waals surface area contributed by atoms with Gasteiger partial charge in [0.15, 0.2) is 6.61 Å². The van der Waals surface area contributed by atoms with Gasteiger partial charge in [-0.3, -0.25) is 14.6 Å². The number of carbonyl (C=O) groups is 2. The largest absolute Gasteiger partial charge is 0.481 e. The maximum Gasteiger partial charge on any atom is 0.262 e. The number of anilines is 1. The molecular weight excluding hydrogens is 378 g/mol. The summed E-state index contributed by atoms with van der Waals surface area (Å²) in [5, 5.41) is 6.84. The molecule has 0 bridgehead atoms. The van der Waals surface area contributed by atoms with Gasteiger partial charge in [0, 0.05) is 17.6 Å². The molecule has 2 amide bonds. The van der Waals surface area contributed by atoms with Crippen LogP contribution in [0.25, 0.3) is 10.9 Å². The van der Waals surface area contributed by atoms with Crippen molar-refractivity contribution in [2.45, 2.75) is 19.9 Å². The van der Waals surface area contributed by atoms with E-state index >= 15 is 0 Å². The molecule has 1 aromatic heterocycles. The summed E-state index contributed by atoms with van der Waals surface area (Å²) in [5.74, 6) is -0.176. The first kappa shape index (κ1) is 19.6. The number of pyridine rings is 1. The minimum Gasteiger partial charge on any atom is -0.481 e. The Labute approximate surface area is 167 Å². The Morgan fingerprint density at radius 2 is 1.89 bits per heavy atom. The lowest BCUT2D eigenvalue weighted by Crippen LogP contribution is -2.31. The zero-order valence-electron chi connectivity index (χ0n) is 15.5. The van der Waals surface area contributed by atoms with Crippen molar-refractivity contribution in [3.8, 4) is 5.75 Å². The summed E-state index contributed by atoms with van der Waals surface area (Å²) in [4.78, 5) is 28.9. The lowest BCUT2D eigenvalue weighted by Gasteiger charge is -2.14. The fraction of sp³-hybridized carbons (Fsp3) is 0.190. The van der Waals surface area contributed by atoms with Gasteiger partial charge < -0.3 is 15.4 Å². The van der Waals surface area contributed by atoms with Gasteiger partial charge in [-0.2, -0.15) is 0 Å². The highest BCUT2D eigenvalue weighted by atomic mass is 35.5. The minimum absolute atomic E-state index is 0.00900. The number of benzene rings is 2. The monoisotopic (exact) mass is 397 g/mol. The second kappa shape index (κ2) is 8.71. The van der Waals surface area contributed by atoms with E-state index in [9.17, 15) is 9.59 Å². The number of hydrogen-bond donors (Lipinski definition) is 2. The average Bonchev–Trinajstić information content (AvgIpc) is 2.67. The number of amides is 2. The van der Waals surface area contributed by atoms with Gasteiger partial charge in [-0.15, -0.1) is 0 Å². The predicted molar refractivity (Wildman–Crippen MR) is 110 cm³/mol. The fourth-order valence-corrected chi connectivity index (χ4v) is 2.90. The van der Waals surface area contributed by atoms with Gasteiger partial charge in [0.1, 0.15) is 11.3 Å². The molecule has 1 heterocycles. The number of fused-ring (bicyclic) bond motifs is 1. The summed E-state index contributed by atoms with van der Waals surface area (Å²) < 4.78 is 5.64. The number of aromatic nitrogens is 1. The Bertz CT molecular complexity index is 1020. The zero-order chi connectivity index (χ0) is 20.1. The Balaban J connectivity index is 1.71. The molecule has 2 N–H and O–H groups in total. The summed E-state index contributed by atoms with van der Waals surface area (Å²) in [5.41, 5.74) is 1.40. The topological polar surface area (TPSA) is 80.3 Å². The van der Waals surface area contributed by atoms with Crippen LogP contribution >= 0.6 is 11.6 Å². The van der Waals surface area contributed by atoms with Crippen LogP contribution in [0, 0.1) is 0 Å². The van der Waals surface area contributed by atoms with E-state index in [1.54, 1.807) is 48.7 Å². The maximum absolute atomic E-state index is 12.4. The molecule has 0 aliphatic rings. The van der Waals surface area contributed by atoms with Crippen LogP contribution in [0.15, 0.2) is 54.7 Å². The highest BCUT2D eigenvalue weighted by molar-refractivity contribution is 6.35. The van der Waals surface area contributed by atoms with Crippen LogP contribution in [-0.2, 0) is 4.79 Å². The molecule has 0 radical (unpaired) electrons. The van der Waals surface area contributed by atoms with E-state index in [1.807, 2.05) is 19.9 Å². The Morgan fingerprint density at radius 3 is 2.68 bits per heavy atom. The fourth-order valence-electron chi connectivity index (χ4n) is 2.69. The zero-order valence-corrected chi connectivity index (χ0v) is 16.3. The molecule has 144 valence electrons. The molecule has 0 atom stereocenters. The van der Waals surface area contributed by atoms with Crippen LogP contribution in [0.4, 0.5) is 5.69 Å². The van der Waals surface area contributed by atoms with E-state index in [4.69, 9.17) is 16.3 Å². The standard InChI is InChI=1S/C21H20ClN3O3/c1-13(2)24-21(27)15-6-3-4-8-17(15)25-19(26)12-28-18-10-9-16(22)14-7-5-11-23-20(14)18/h3-11,13H,12H2,1-2H3,(H,24,27)(H,25,26). The number of nitrogens with zero attached hydrogens (tertiary/aromatic N) is 1. The van der Waals surface area contributed by atoms with Crippen molar-refractivity contribution in [3.63, 3.8) is 0 Å². The second-order valence-electron chi connectivity index (χ2n) is 6.46. The Morgan fingerprint density at radius 1 is 1.11 bits per heavy atom. The van der Waals surface area contributed by atoms with Crippen molar-refractivity contribution >= 4 is 40.0 Å². The average molecular weight is 398 g/mol. The quantitative estimate of drug-likeness (QED) is 0.657. The van der Waals surface area contributed by atoms with E-state index in [1.165, 1.54) is 0 Å². The van der Waals surface area contributed by atoms with Gasteiger partial charge in [0.25, 0.3) is 11.8 Å². The first-order chi connectivity index (χ1) is 13.5. The first-order valence-electron chi connectivity index (χ1n) is 8.81. The smallest absolute Gasteiger partial charge is 0.262 e. The molecular formula is C21H20ClN3O3. The van der Waals surface area contributed by atoms with E-state index < -0.39 is 0 Å². The second-order valence-corrected chi connectivity index (χ2v) is 6.86. The summed E-state index contributed by atoms with van der Waals surface area (Å²) in [6, 6.07) is 13.8. The van der Waals surface area contributed by atoms with Gasteiger partial charge in [-0.25, -0.2) is 0 Å². The first-order valence-corrected chi connectivity index (χ1v) is 9.19. The number of hydrogen-bond acceptors (Lipinski definition) is 4. The van der Waals surface area contributed by atoms with Crippen LogP contribution in [0.2, 0.25) is 5.02 Å². The molecule has 0 aliphatic carbocycles. The van der Waals surface area contributed by atoms with Gasteiger partial charge in [-0.05, 0) is 50.2 Å². The van der Waals surface area contributed by atoms with Crippen molar-refractivity contribution in [2.24, 2.45) is 0 Å². The lowest BCUT2D eigenvalue weighted by molar-refractivity contribution is -0.118.